The van der Waals surface area contributed by atoms with Crippen LogP contribution in [-0.4, -0.2) is 52.3 Å². The number of aromatic nitrogens is 1. The molecule has 1 fully saturated rings. The van der Waals surface area contributed by atoms with Crippen molar-refractivity contribution in [2.45, 2.75) is 33.2 Å². The molecule has 5 nitrogen and oxygen atoms in total. The van der Waals surface area contributed by atoms with E-state index in [-0.39, 0.29) is 23.8 Å². The summed E-state index contributed by atoms with van der Waals surface area (Å²) in [5.74, 6) is 0.294. The van der Waals surface area contributed by atoms with Gasteiger partial charge in [-0.05, 0) is 31.1 Å². The number of nitrogens with zero attached hydrogens (tertiary/aromatic N) is 3. The fourth-order valence-electron chi connectivity index (χ4n) is 2.96. The Balaban J connectivity index is 2.05. The van der Waals surface area contributed by atoms with Crippen molar-refractivity contribution in [3.63, 3.8) is 0 Å². The smallest absolute Gasteiger partial charge is 0.246 e. The number of amides is 2. The van der Waals surface area contributed by atoms with Crippen molar-refractivity contribution in [2.75, 3.05) is 19.6 Å². The summed E-state index contributed by atoms with van der Waals surface area (Å²) < 4.78 is 0. The average Bonchev–Trinajstić information content (AvgIpc) is 2.53. The molecule has 23 heavy (non-hydrogen) atoms. The van der Waals surface area contributed by atoms with Crippen molar-refractivity contribution in [2.24, 2.45) is 5.92 Å². The zero-order valence-electron chi connectivity index (χ0n) is 14.2. The summed E-state index contributed by atoms with van der Waals surface area (Å²) >= 11 is 0. The highest BCUT2D eigenvalue weighted by Gasteiger charge is 2.33. The molecule has 0 radical (unpaired) electrons. The second kappa shape index (κ2) is 7.40. The summed E-state index contributed by atoms with van der Waals surface area (Å²) in [5.41, 5.74) is 1.71. The maximum Gasteiger partial charge on any atom is 0.246 e. The van der Waals surface area contributed by atoms with E-state index in [0.29, 0.717) is 26.1 Å². The second-order valence-electron chi connectivity index (χ2n) is 6.33. The molecule has 124 valence electrons. The molecule has 1 aliphatic heterocycles. The average molecular weight is 315 g/mol. The summed E-state index contributed by atoms with van der Waals surface area (Å²) in [7, 11) is 0. The molecular weight excluding hydrogens is 290 g/mol. The lowest BCUT2D eigenvalue weighted by molar-refractivity contribution is -0.141. The van der Waals surface area contributed by atoms with Crippen LogP contribution in [0, 0.1) is 12.8 Å². The van der Waals surface area contributed by atoms with Crippen molar-refractivity contribution in [1.82, 2.24) is 14.8 Å². The maximum atomic E-state index is 12.6. The van der Waals surface area contributed by atoms with Gasteiger partial charge in [0.2, 0.25) is 11.8 Å². The van der Waals surface area contributed by atoms with E-state index in [1.165, 1.54) is 6.08 Å². The number of carbonyl (C=O) groups is 2. The van der Waals surface area contributed by atoms with Gasteiger partial charge in [-0.2, -0.15) is 0 Å². The molecule has 1 aromatic rings. The highest BCUT2D eigenvalue weighted by atomic mass is 16.2. The Labute approximate surface area is 138 Å². The normalized spacial score (nSPS) is 18.2. The van der Waals surface area contributed by atoms with Gasteiger partial charge in [0.15, 0.2) is 0 Å². The molecule has 0 spiro atoms. The van der Waals surface area contributed by atoms with Crippen molar-refractivity contribution >= 4 is 11.8 Å². The lowest BCUT2D eigenvalue weighted by Gasteiger charge is -2.43. The van der Waals surface area contributed by atoms with Crippen LogP contribution in [0.5, 0.6) is 0 Å². The Morgan fingerprint density at radius 1 is 1.39 bits per heavy atom. The van der Waals surface area contributed by atoms with E-state index >= 15 is 0 Å². The summed E-state index contributed by atoms with van der Waals surface area (Å²) in [5, 5.41) is 0. The third-order valence-electron chi connectivity index (χ3n) is 4.28. The molecule has 1 saturated heterocycles. The van der Waals surface area contributed by atoms with Gasteiger partial charge in [-0.1, -0.05) is 26.5 Å². The van der Waals surface area contributed by atoms with Gasteiger partial charge in [-0.15, -0.1) is 0 Å². The number of carbonyl (C=O) groups excluding carboxylic acids is 2. The topological polar surface area (TPSA) is 53.5 Å². The minimum atomic E-state index is -0.0591. The monoisotopic (exact) mass is 315 g/mol. The first-order chi connectivity index (χ1) is 10.9. The molecule has 1 aliphatic rings. The van der Waals surface area contributed by atoms with Gasteiger partial charge < -0.3 is 9.80 Å². The Kier molecular flexibility index (Phi) is 5.53. The van der Waals surface area contributed by atoms with Crippen LogP contribution in [0.4, 0.5) is 0 Å². The Morgan fingerprint density at radius 3 is 2.74 bits per heavy atom. The molecule has 1 aromatic heterocycles. The minimum absolute atomic E-state index is 0.0312. The number of hydrogen-bond acceptors (Lipinski definition) is 3. The fourth-order valence-corrected chi connectivity index (χ4v) is 2.96. The molecule has 2 heterocycles. The van der Waals surface area contributed by atoms with E-state index in [2.05, 4.69) is 25.4 Å². The molecule has 0 unspecified atom stereocenters. The van der Waals surface area contributed by atoms with E-state index in [1.54, 1.807) is 0 Å². The first-order valence-corrected chi connectivity index (χ1v) is 8.05. The van der Waals surface area contributed by atoms with Crippen LogP contribution in [0.3, 0.4) is 0 Å². The molecule has 2 rings (SSSR count). The van der Waals surface area contributed by atoms with Gasteiger partial charge in [0.05, 0.1) is 12.5 Å². The SMILES string of the molecule is C=CC(=O)N1CCN(C(=O)Cc2cccc(C)n2)C[C@@H]1C(C)C. The zero-order chi connectivity index (χ0) is 17.0. The predicted molar refractivity (Wildman–Crippen MR) is 89.8 cm³/mol. The van der Waals surface area contributed by atoms with Crippen LogP contribution in [0.1, 0.15) is 25.2 Å². The van der Waals surface area contributed by atoms with Gasteiger partial charge >= 0.3 is 0 Å². The third kappa shape index (κ3) is 4.18. The standard InChI is InChI=1S/C18H25N3O2/c1-5-17(22)21-10-9-20(12-16(21)13(2)3)18(23)11-15-8-6-7-14(4)19-15/h5-8,13,16H,1,9-12H2,2-4H3/t16-/m1/s1. The molecule has 0 N–H and O–H groups in total. The number of pyridine rings is 1. The van der Waals surface area contributed by atoms with E-state index in [4.69, 9.17) is 0 Å². The van der Waals surface area contributed by atoms with E-state index in [9.17, 15) is 9.59 Å². The molecular formula is C18H25N3O2. The molecule has 2 amide bonds. The quantitative estimate of drug-likeness (QED) is 0.796. The lowest BCUT2D eigenvalue weighted by Crippen LogP contribution is -2.58. The predicted octanol–water partition coefficient (Wildman–Crippen LogP) is 1.81. The van der Waals surface area contributed by atoms with Crippen molar-refractivity contribution in [3.8, 4) is 0 Å². The number of piperazine rings is 1. The van der Waals surface area contributed by atoms with Gasteiger partial charge in [0, 0.05) is 31.0 Å². The molecule has 0 bridgehead atoms. The summed E-state index contributed by atoms with van der Waals surface area (Å²) in [6, 6.07) is 5.75. The summed E-state index contributed by atoms with van der Waals surface area (Å²) in [6.45, 7) is 11.3. The minimum Gasteiger partial charge on any atom is -0.339 e. The van der Waals surface area contributed by atoms with Crippen LogP contribution < -0.4 is 0 Å². The lowest BCUT2D eigenvalue weighted by atomic mass is 9.99. The summed E-state index contributed by atoms with van der Waals surface area (Å²) in [6.07, 6.45) is 1.66. The molecule has 1 atom stereocenters. The van der Waals surface area contributed by atoms with E-state index < -0.39 is 0 Å². The first-order valence-electron chi connectivity index (χ1n) is 8.05. The van der Waals surface area contributed by atoms with Crippen molar-refractivity contribution < 1.29 is 9.59 Å². The van der Waals surface area contributed by atoms with Crippen molar-refractivity contribution in [1.29, 1.82) is 0 Å². The van der Waals surface area contributed by atoms with Crippen LogP contribution in [0.25, 0.3) is 0 Å². The molecule has 5 heteroatoms. The van der Waals surface area contributed by atoms with Gasteiger partial charge in [-0.3, -0.25) is 14.6 Å². The van der Waals surface area contributed by atoms with Gasteiger partial charge in [0.1, 0.15) is 0 Å². The van der Waals surface area contributed by atoms with E-state index in [1.807, 2.05) is 34.9 Å². The van der Waals surface area contributed by atoms with Crippen LogP contribution in [0.15, 0.2) is 30.9 Å². The first kappa shape index (κ1) is 17.2. The molecule has 0 aliphatic carbocycles. The van der Waals surface area contributed by atoms with Crippen LogP contribution in [0.2, 0.25) is 0 Å². The van der Waals surface area contributed by atoms with Crippen LogP contribution in [-0.2, 0) is 16.0 Å². The largest absolute Gasteiger partial charge is 0.339 e. The Morgan fingerprint density at radius 2 is 2.13 bits per heavy atom. The Hall–Kier alpha value is -2.17. The fraction of sp³-hybridized carbons (Fsp3) is 0.500. The van der Waals surface area contributed by atoms with Gasteiger partial charge in [0.25, 0.3) is 0 Å². The zero-order valence-corrected chi connectivity index (χ0v) is 14.2. The van der Waals surface area contributed by atoms with Crippen molar-refractivity contribution in [3.05, 3.63) is 42.2 Å². The number of rotatable bonds is 4. The van der Waals surface area contributed by atoms with E-state index in [0.717, 1.165) is 11.4 Å². The highest BCUT2D eigenvalue weighted by Crippen LogP contribution is 2.18. The summed E-state index contributed by atoms with van der Waals surface area (Å²) in [4.78, 5) is 32.6. The maximum absolute atomic E-state index is 12.6. The Bertz CT molecular complexity index is 598. The molecule has 0 aromatic carbocycles. The van der Waals surface area contributed by atoms with Gasteiger partial charge in [-0.25, -0.2) is 0 Å². The van der Waals surface area contributed by atoms with Crippen LogP contribution >= 0.6 is 0 Å². The number of aryl methyl sites for hydroxylation is 1. The molecule has 0 saturated carbocycles. The second-order valence-corrected chi connectivity index (χ2v) is 6.33. The highest BCUT2D eigenvalue weighted by molar-refractivity contribution is 5.87. The number of hydrogen-bond donors (Lipinski definition) is 0. The third-order valence-corrected chi connectivity index (χ3v) is 4.28.